The van der Waals surface area contributed by atoms with Crippen LogP contribution in [-0.2, 0) is 78.5 Å². The maximum atomic E-state index is 13.3. The summed E-state index contributed by atoms with van der Waals surface area (Å²) in [4.78, 5) is 189. The third kappa shape index (κ3) is 32.4. The summed E-state index contributed by atoms with van der Waals surface area (Å²) in [6.07, 6.45) is 4.38. The fourth-order valence-corrected chi connectivity index (χ4v) is 5.85. The minimum Gasteiger partial charge on any atom is -0.379 e. The number of ketones is 3. The van der Waals surface area contributed by atoms with Gasteiger partial charge >= 0.3 is 30.8 Å². The van der Waals surface area contributed by atoms with Gasteiger partial charge in [0, 0.05) is 63.3 Å². The normalized spacial score (nSPS) is 10.9. The molecule has 30 heteroatoms. The van der Waals surface area contributed by atoms with Gasteiger partial charge < -0.3 is 38.5 Å². The van der Waals surface area contributed by atoms with Gasteiger partial charge in [0.2, 0.25) is 17.8 Å². The van der Waals surface area contributed by atoms with E-state index in [1.807, 2.05) is 0 Å². The Morgan fingerprint density at radius 2 is 1.30 bits per heavy atom. The molecule has 3 amide bonds. The molecule has 0 saturated carbocycles. The summed E-state index contributed by atoms with van der Waals surface area (Å²) in [5.41, 5.74) is 17.7. The first-order valence-corrected chi connectivity index (χ1v) is 21.7. The molecule has 0 bridgehead atoms. The van der Waals surface area contributed by atoms with Crippen LogP contribution in [0.4, 0.5) is 11.6 Å². The van der Waals surface area contributed by atoms with E-state index in [0.29, 0.717) is 42.0 Å². The molecule has 29 nitrogen and oxygen atoms in total. The Morgan fingerprint density at radius 1 is 0.753 bits per heavy atom. The molecule has 3 rings (SSSR count). The Morgan fingerprint density at radius 3 is 1.85 bits per heavy atom. The van der Waals surface area contributed by atoms with Crippen LogP contribution in [0.25, 0.3) is 11.2 Å². The number of benzene rings is 1. The van der Waals surface area contributed by atoms with Gasteiger partial charge in [0.1, 0.15) is 5.78 Å². The Kier molecular flexibility index (Phi) is 39.2. The minimum atomic E-state index is -0.951. The van der Waals surface area contributed by atoms with Crippen LogP contribution in [0.2, 0.25) is 0 Å². The van der Waals surface area contributed by atoms with Crippen molar-refractivity contribution in [2.24, 2.45) is 28.3 Å². The van der Waals surface area contributed by atoms with Gasteiger partial charge in [-0.3, -0.25) is 43.5 Å². The number of aromatic nitrogens is 4. The van der Waals surface area contributed by atoms with Gasteiger partial charge in [-0.25, -0.2) is 9.97 Å². The molecule has 0 spiro atoms. The van der Waals surface area contributed by atoms with Crippen LogP contribution >= 0.6 is 12.6 Å². The van der Waals surface area contributed by atoms with E-state index in [1.165, 1.54) is 6.20 Å². The maximum Gasteiger partial charge on any atom is 0.373 e. The molecule has 0 fully saturated rings. The van der Waals surface area contributed by atoms with Crippen LogP contribution in [0, 0.1) is 11.8 Å². The molecule has 0 aliphatic rings. The van der Waals surface area contributed by atoms with E-state index in [1.54, 1.807) is 45.0 Å². The van der Waals surface area contributed by atoms with Crippen molar-refractivity contribution < 1.29 is 78.1 Å². The lowest BCUT2D eigenvalue weighted by atomic mass is 9.95. The largest absolute Gasteiger partial charge is 0.379 e. The van der Waals surface area contributed by atoms with Crippen LogP contribution in [-0.4, -0.2) is 123 Å². The number of thiol groups is 1. The smallest absolute Gasteiger partial charge is 0.373 e. The zero-order valence-electron chi connectivity index (χ0n) is 39.6. The number of nitrogen functional groups attached to an aromatic ring is 1. The molecule has 1 aromatic carbocycles. The molecule has 396 valence electrons. The fraction of sp³-hybridized carbons (Fsp3) is 0.442. The first kappa shape index (κ1) is 68.2. The number of aromatic amines is 1. The van der Waals surface area contributed by atoms with E-state index in [-0.39, 0.29) is 130 Å². The lowest BCUT2D eigenvalue weighted by Gasteiger charge is -2.22. The number of anilines is 2. The molecule has 0 aliphatic heterocycles. The molecule has 3 aromatic rings. The van der Waals surface area contributed by atoms with Crippen molar-refractivity contribution in [2.45, 2.75) is 90.8 Å². The highest BCUT2D eigenvalue weighted by Crippen LogP contribution is 2.14. The van der Waals surface area contributed by atoms with Gasteiger partial charge in [0.25, 0.3) is 11.5 Å². The zero-order chi connectivity index (χ0) is 56.3. The summed E-state index contributed by atoms with van der Waals surface area (Å²) in [6, 6.07) is 5.04. The summed E-state index contributed by atoms with van der Waals surface area (Å²) >= 11 is 4.10. The van der Waals surface area contributed by atoms with Crippen LogP contribution in [0.1, 0.15) is 89.6 Å². The maximum absolute atomic E-state index is 13.3. The monoisotopic (exact) mass is 1050 g/mol. The molecule has 11 N–H and O–H groups in total. The molecule has 0 saturated heterocycles. The fourth-order valence-electron chi connectivity index (χ4n) is 5.69. The highest BCUT2D eigenvalue weighted by Gasteiger charge is 2.28. The van der Waals surface area contributed by atoms with E-state index >= 15 is 0 Å². The van der Waals surface area contributed by atoms with Gasteiger partial charge in [-0.15, -0.1) is 0 Å². The first-order chi connectivity index (χ1) is 34.6. The number of H-pyrrole nitrogens is 1. The summed E-state index contributed by atoms with van der Waals surface area (Å²) in [5, 5.41) is 11.3. The summed E-state index contributed by atoms with van der Waals surface area (Å²) < 4.78 is 0. The number of aliphatic imine (C=N–C) groups is 1. The van der Waals surface area contributed by atoms with Crippen molar-refractivity contribution in [3.8, 4) is 0 Å². The van der Waals surface area contributed by atoms with Gasteiger partial charge in [-0.05, 0) is 62.6 Å². The number of amides is 3. The Labute approximate surface area is 421 Å². The molecule has 0 aliphatic carbocycles. The zero-order valence-corrected chi connectivity index (χ0v) is 40.5. The molecular weight excluding hydrogens is 989 g/mol. The summed E-state index contributed by atoms with van der Waals surface area (Å²) in [6.45, 7) is 5.45. The highest BCUT2D eigenvalue weighted by atomic mass is 32.1. The molecule has 73 heavy (non-hydrogen) atoms. The number of nitrogens with zero attached hydrogens (tertiary/aromatic N) is 4. The van der Waals surface area contributed by atoms with Crippen LogP contribution in [0.5, 0.6) is 0 Å². The molecule has 0 radical (unpaired) electrons. The van der Waals surface area contributed by atoms with Crippen molar-refractivity contribution in [2.75, 3.05) is 29.9 Å². The van der Waals surface area contributed by atoms with E-state index in [2.05, 4.69) is 58.8 Å². The van der Waals surface area contributed by atoms with Crippen LogP contribution < -0.4 is 44.0 Å². The van der Waals surface area contributed by atoms with Gasteiger partial charge in [0.05, 0.1) is 30.5 Å². The number of rotatable bonds is 25. The molecule has 0 unspecified atom stereocenters. The van der Waals surface area contributed by atoms with Gasteiger partial charge in [-0.2, -0.15) is 65.6 Å². The molecule has 4 atom stereocenters. The predicted molar refractivity (Wildman–Crippen MR) is 250 cm³/mol. The van der Waals surface area contributed by atoms with Crippen molar-refractivity contribution in [1.29, 1.82) is 0 Å². The SMILES string of the molecule is C[C@H](CC(=O)CCCNC(=O)c1ccc(NCc2cnc3nc(N)[nH]c(=O)c3n2)cc1)C(=O)N[C@H](CCCN=C(N)N)C(=O)C[C@H](C)C(=O)N[C@@H](C)C(=O)CCCS.O=C=O.O=C=O.O=C=O.O=C=O.O=C=O.[2HH]. The molecule has 2 heterocycles. The number of guanidine groups is 1. The van der Waals surface area contributed by atoms with E-state index in [0.717, 1.165) is 0 Å². The second-order valence-electron chi connectivity index (χ2n) is 14.4. The van der Waals surface area contributed by atoms with E-state index < -0.39 is 41.3 Å². The number of fused-ring (bicyclic) bond motifs is 1. The minimum absolute atomic E-state index is 0. The standard InChI is InChI=1S/C38H54N12O7S.5CO2.H2/c1-21(34(55)48-28(8-5-15-43-37(39)40)30(53)18-22(2)33(54)46-23(3)29(52)9-6-16-58)17-27(51)7-4-14-42-35(56)24-10-12-25(13-11-24)44-19-26-20-45-32-31(47-26)36(57)50-38(41)49-32;5*2-1-3;/h10-13,20-23,28,44,58H,4-9,14-19H2,1-3H3,(H,42,56)(H,46,54)(H,48,55)(H4,39,40,43)(H3,41,45,49,50,57);;;;;;1H/t21-,22+,23+,28-;;;;;;/m1....../s1/i;;;;;;1+1. The summed E-state index contributed by atoms with van der Waals surface area (Å²) in [7, 11) is 0. The number of carbonyl (C=O) groups is 6. The molecular formula is C43H56N12O17S. The number of carbonyl (C=O) groups excluding carboxylic acids is 16. The van der Waals surface area contributed by atoms with E-state index in [4.69, 9.17) is 65.1 Å². The van der Waals surface area contributed by atoms with Crippen molar-refractivity contribution >= 4 is 107 Å². The Bertz CT molecular complexity index is 2440. The second-order valence-corrected chi connectivity index (χ2v) is 14.9. The Hall–Kier alpha value is -9.02. The quantitative estimate of drug-likeness (QED) is 0.0197. The lowest BCUT2D eigenvalue weighted by Crippen LogP contribution is -2.46. The summed E-state index contributed by atoms with van der Waals surface area (Å²) in [5.74, 6) is -3.10. The van der Waals surface area contributed by atoms with E-state index in [9.17, 15) is 33.6 Å². The number of nitrogens with two attached hydrogens (primary N) is 3. The number of nitrogens with one attached hydrogen (secondary N) is 5. The van der Waals surface area contributed by atoms with Crippen molar-refractivity contribution in [3.63, 3.8) is 0 Å². The topological polar surface area (TPSA) is 483 Å². The number of hydrogen-bond donors (Lipinski definition) is 9. The second kappa shape index (κ2) is 41.9. The van der Waals surface area contributed by atoms with Gasteiger partial charge in [-0.1, -0.05) is 13.8 Å². The Balaban J connectivity index is -0.00000136. The third-order valence-electron chi connectivity index (χ3n) is 9.03. The lowest BCUT2D eigenvalue weighted by molar-refractivity contribution is -0.193. The molecule has 2 aromatic heterocycles. The third-order valence-corrected chi connectivity index (χ3v) is 9.35. The van der Waals surface area contributed by atoms with Crippen molar-refractivity contribution in [1.82, 2.24) is 35.9 Å². The van der Waals surface area contributed by atoms with Crippen molar-refractivity contribution in [3.05, 3.63) is 52.1 Å². The number of hydrogen-bond acceptors (Lipinski definition) is 24. The van der Waals surface area contributed by atoms with Crippen LogP contribution in [0.15, 0.2) is 40.2 Å². The predicted octanol–water partition coefficient (Wildman–Crippen LogP) is -1.74. The first-order valence-electron chi connectivity index (χ1n) is 21.1. The van der Waals surface area contributed by atoms with Gasteiger partial charge in [0.15, 0.2) is 28.7 Å². The average molecular weight is 1050 g/mol. The van der Waals surface area contributed by atoms with Crippen LogP contribution in [0.3, 0.4) is 0 Å². The number of Topliss-reactive ketones (excluding diaryl/α,β-unsaturated/α-hetero) is 3. The highest BCUT2D eigenvalue weighted by molar-refractivity contribution is 7.80. The average Bonchev–Trinajstić information content (AvgIpc) is 3.33.